The van der Waals surface area contributed by atoms with Gasteiger partial charge in [0.15, 0.2) is 6.61 Å². The van der Waals surface area contributed by atoms with Crippen molar-refractivity contribution in [3.8, 4) is 0 Å². The van der Waals surface area contributed by atoms with E-state index < -0.39 is 5.97 Å². The fourth-order valence-electron chi connectivity index (χ4n) is 2.96. The second-order valence-corrected chi connectivity index (χ2v) is 7.43. The standard InChI is InChI=1S/C18H18ClNO5S/c1-24-17(22)11-6-8-20(9-7-11)14(21)10-25-18(23)16-15(19)12-4-2-3-5-13(12)26-16/h2-5,11H,6-10H2,1H3. The van der Waals surface area contributed by atoms with Crippen LogP contribution in [-0.4, -0.2) is 49.6 Å². The summed E-state index contributed by atoms with van der Waals surface area (Å²) in [6.45, 7) is 0.548. The Balaban J connectivity index is 1.55. The molecule has 1 saturated heterocycles. The second kappa shape index (κ2) is 8.05. The highest BCUT2D eigenvalue weighted by Crippen LogP contribution is 2.35. The number of fused-ring (bicyclic) bond motifs is 1. The van der Waals surface area contributed by atoms with E-state index in [1.54, 1.807) is 4.90 Å². The maximum atomic E-state index is 12.3. The van der Waals surface area contributed by atoms with E-state index in [1.807, 2.05) is 24.3 Å². The third-order valence-corrected chi connectivity index (χ3v) is 6.08. The van der Waals surface area contributed by atoms with Crippen molar-refractivity contribution in [3.05, 3.63) is 34.2 Å². The Morgan fingerprint density at radius 2 is 1.92 bits per heavy atom. The first kappa shape index (κ1) is 18.7. The fraction of sp³-hybridized carbons (Fsp3) is 0.389. The molecule has 1 aliphatic rings. The van der Waals surface area contributed by atoms with Gasteiger partial charge in [-0.3, -0.25) is 9.59 Å². The summed E-state index contributed by atoms with van der Waals surface area (Å²) in [5.74, 6) is -1.31. The molecule has 2 heterocycles. The zero-order chi connectivity index (χ0) is 18.7. The highest BCUT2D eigenvalue weighted by atomic mass is 35.5. The van der Waals surface area contributed by atoms with Gasteiger partial charge in [0.2, 0.25) is 0 Å². The van der Waals surface area contributed by atoms with Crippen LogP contribution in [0.25, 0.3) is 10.1 Å². The van der Waals surface area contributed by atoms with E-state index in [2.05, 4.69) is 0 Å². The van der Waals surface area contributed by atoms with Gasteiger partial charge in [-0.2, -0.15) is 0 Å². The van der Waals surface area contributed by atoms with E-state index >= 15 is 0 Å². The van der Waals surface area contributed by atoms with Crippen molar-refractivity contribution in [2.24, 2.45) is 5.92 Å². The smallest absolute Gasteiger partial charge is 0.350 e. The minimum atomic E-state index is -0.603. The van der Waals surface area contributed by atoms with E-state index in [0.717, 1.165) is 10.1 Å². The number of carbonyl (C=O) groups excluding carboxylic acids is 3. The summed E-state index contributed by atoms with van der Waals surface area (Å²) in [6.07, 6.45) is 1.10. The Labute approximate surface area is 159 Å². The van der Waals surface area contributed by atoms with E-state index in [-0.39, 0.29) is 24.4 Å². The number of piperidine rings is 1. The Morgan fingerprint density at radius 1 is 1.23 bits per heavy atom. The lowest BCUT2D eigenvalue weighted by atomic mass is 9.97. The van der Waals surface area contributed by atoms with Gasteiger partial charge in [-0.15, -0.1) is 11.3 Å². The molecule has 1 aliphatic heterocycles. The fourth-order valence-corrected chi connectivity index (χ4v) is 4.36. The molecule has 0 saturated carbocycles. The number of thiophene rings is 1. The molecule has 0 N–H and O–H groups in total. The Kier molecular flexibility index (Phi) is 5.78. The molecule has 1 aromatic carbocycles. The number of likely N-dealkylation sites (tertiary alicyclic amines) is 1. The van der Waals surface area contributed by atoms with Gasteiger partial charge in [0.1, 0.15) is 4.88 Å². The van der Waals surface area contributed by atoms with E-state index in [4.69, 9.17) is 21.1 Å². The molecule has 1 fully saturated rings. The Hall–Kier alpha value is -2.12. The maximum absolute atomic E-state index is 12.3. The van der Waals surface area contributed by atoms with Gasteiger partial charge >= 0.3 is 11.9 Å². The molecule has 6 nitrogen and oxygen atoms in total. The van der Waals surface area contributed by atoms with Crippen LogP contribution in [0.3, 0.4) is 0 Å². The van der Waals surface area contributed by atoms with E-state index in [0.29, 0.717) is 35.8 Å². The van der Waals surface area contributed by atoms with Gasteiger partial charge in [-0.05, 0) is 18.9 Å². The van der Waals surface area contributed by atoms with Crippen LogP contribution in [0.4, 0.5) is 0 Å². The number of benzene rings is 1. The van der Waals surface area contributed by atoms with Crippen LogP contribution >= 0.6 is 22.9 Å². The van der Waals surface area contributed by atoms with Crippen LogP contribution in [0, 0.1) is 5.92 Å². The monoisotopic (exact) mass is 395 g/mol. The van der Waals surface area contributed by atoms with Crippen LogP contribution in [0.2, 0.25) is 5.02 Å². The lowest BCUT2D eigenvalue weighted by molar-refractivity contribution is -0.149. The Bertz CT molecular complexity index is 841. The van der Waals surface area contributed by atoms with Crippen molar-refractivity contribution in [2.45, 2.75) is 12.8 Å². The molecule has 138 valence electrons. The lowest BCUT2D eigenvalue weighted by Gasteiger charge is -2.30. The first-order chi connectivity index (χ1) is 12.5. The molecule has 0 spiro atoms. The average molecular weight is 396 g/mol. The topological polar surface area (TPSA) is 72.9 Å². The number of rotatable bonds is 4. The van der Waals surface area contributed by atoms with Crippen LogP contribution in [0.1, 0.15) is 22.5 Å². The van der Waals surface area contributed by atoms with Gasteiger partial charge in [0.05, 0.1) is 18.1 Å². The van der Waals surface area contributed by atoms with Crippen LogP contribution in [0.15, 0.2) is 24.3 Å². The van der Waals surface area contributed by atoms with Crippen LogP contribution in [-0.2, 0) is 19.1 Å². The molecule has 0 bridgehead atoms. The van der Waals surface area contributed by atoms with E-state index in [1.165, 1.54) is 18.4 Å². The van der Waals surface area contributed by atoms with Crippen molar-refractivity contribution < 1.29 is 23.9 Å². The van der Waals surface area contributed by atoms with Gasteiger partial charge in [0.25, 0.3) is 5.91 Å². The highest BCUT2D eigenvalue weighted by Gasteiger charge is 2.28. The highest BCUT2D eigenvalue weighted by molar-refractivity contribution is 7.21. The number of amides is 1. The van der Waals surface area contributed by atoms with Crippen LogP contribution in [0.5, 0.6) is 0 Å². The SMILES string of the molecule is COC(=O)C1CCN(C(=O)COC(=O)c2sc3ccccc3c2Cl)CC1. The number of halogens is 1. The molecule has 1 amide bonds. The number of hydrogen-bond acceptors (Lipinski definition) is 6. The third-order valence-electron chi connectivity index (χ3n) is 4.43. The van der Waals surface area contributed by atoms with Gasteiger partial charge < -0.3 is 14.4 Å². The van der Waals surface area contributed by atoms with Gasteiger partial charge in [0, 0.05) is 23.2 Å². The number of nitrogens with zero attached hydrogens (tertiary/aromatic N) is 1. The molecule has 26 heavy (non-hydrogen) atoms. The Morgan fingerprint density at radius 3 is 2.58 bits per heavy atom. The number of ether oxygens (including phenoxy) is 2. The summed E-state index contributed by atoms with van der Waals surface area (Å²) >= 11 is 7.49. The molecule has 0 radical (unpaired) electrons. The minimum Gasteiger partial charge on any atom is -0.469 e. The zero-order valence-corrected chi connectivity index (χ0v) is 15.8. The van der Waals surface area contributed by atoms with Crippen molar-refractivity contribution in [2.75, 3.05) is 26.8 Å². The van der Waals surface area contributed by atoms with E-state index in [9.17, 15) is 14.4 Å². The summed E-state index contributed by atoms with van der Waals surface area (Å²) in [4.78, 5) is 37.9. The number of carbonyl (C=O) groups is 3. The molecular formula is C18H18ClNO5S. The molecule has 0 aliphatic carbocycles. The van der Waals surface area contributed by atoms with Crippen molar-refractivity contribution in [1.29, 1.82) is 0 Å². The molecule has 1 aromatic heterocycles. The zero-order valence-electron chi connectivity index (χ0n) is 14.2. The average Bonchev–Trinajstić information content (AvgIpc) is 3.02. The predicted molar refractivity (Wildman–Crippen MR) is 98.4 cm³/mol. The summed E-state index contributed by atoms with van der Waals surface area (Å²) in [6, 6.07) is 7.42. The van der Waals surface area contributed by atoms with Crippen molar-refractivity contribution in [3.63, 3.8) is 0 Å². The van der Waals surface area contributed by atoms with Crippen molar-refractivity contribution >= 4 is 50.9 Å². The summed E-state index contributed by atoms with van der Waals surface area (Å²) < 4.78 is 10.8. The summed E-state index contributed by atoms with van der Waals surface area (Å²) in [5, 5.41) is 1.14. The molecule has 0 unspecified atom stereocenters. The van der Waals surface area contributed by atoms with Gasteiger partial charge in [-0.25, -0.2) is 4.79 Å². The maximum Gasteiger partial charge on any atom is 0.350 e. The second-order valence-electron chi connectivity index (χ2n) is 6.00. The summed E-state index contributed by atoms with van der Waals surface area (Å²) in [5.41, 5.74) is 0. The number of esters is 2. The molecule has 3 rings (SSSR count). The predicted octanol–water partition coefficient (Wildman–Crippen LogP) is 3.12. The largest absolute Gasteiger partial charge is 0.469 e. The molecular weight excluding hydrogens is 378 g/mol. The lowest BCUT2D eigenvalue weighted by Crippen LogP contribution is -2.42. The molecule has 2 aromatic rings. The minimum absolute atomic E-state index is 0.177. The quantitative estimate of drug-likeness (QED) is 0.743. The molecule has 8 heteroatoms. The first-order valence-electron chi connectivity index (χ1n) is 8.21. The third kappa shape index (κ3) is 3.83. The molecule has 0 atom stereocenters. The van der Waals surface area contributed by atoms with Crippen molar-refractivity contribution in [1.82, 2.24) is 4.90 Å². The number of methoxy groups -OCH3 is 1. The summed E-state index contributed by atoms with van der Waals surface area (Å²) in [7, 11) is 1.36. The number of hydrogen-bond donors (Lipinski definition) is 0. The normalized spacial score (nSPS) is 15.1. The van der Waals surface area contributed by atoms with Gasteiger partial charge in [-0.1, -0.05) is 29.8 Å². The first-order valence-corrected chi connectivity index (χ1v) is 9.40. The van der Waals surface area contributed by atoms with Crippen LogP contribution < -0.4 is 0 Å².